The second kappa shape index (κ2) is 7.04. The number of aromatic nitrogens is 3. The second-order valence-corrected chi connectivity index (χ2v) is 7.15. The first-order valence-corrected chi connectivity index (χ1v) is 9.12. The third-order valence-corrected chi connectivity index (χ3v) is 5.15. The van der Waals surface area contributed by atoms with Crippen LogP contribution < -0.4 is 14.2 Å². The molecule has 0 spiro atoms. The van der Waals surface area contributed by atoms with Crippen molar-refractivity contribution in [1.82, 2.24) is 14.8 Å². The third-order valence-electron chi connectivity index (χ3n) is 3.77. The molecule has 0 aliphatic carbocycles. The van der Waals surface area contributed by atoms with E-state index in [-0.39, 0.29) is 4.90 Å². The summed E-state index contributed by atoms with van der Waals surface area (Å²) in [6.45, 7) is 0. The number of hydrogen-bond donors (Lipinski definition) is 1. The Morgan fingerprint density at radius 1 is 1.00 bits per heavy atom. The van der Waals surface area contributed by atoms with Crippen LogP contribution in [-0.4, -0.2) is 37.4 Å². The van der Waals surface area contributed by atoms with E-state index in [4.69, 9.17) is 9.47 Å². The van der Waals surface area contributed by atoms with Crippen LogP contribution in [0.4, 0.5) is 5.69 Å². The number of hydrogen-bond acceptors (Lipinski definition) is 6. The summed E-state index contributed by atoms with van der Waals surface area (Å²) >= 11 is 0. The number of anilines is 1. The number of methoxy groups -OCH3 is 2. The van der Waals surface area contributed by atoms with E-state index in [9.17, 15) is 8.42 Å². The van der Waals surface area contributed by atoms with E-state index < -0.39 is 10.0 Å². The van der Waals surface area contributed by atoms with E-state index in [1.165, 1.54) is 26.4 Å². The molecule has 0 aliphatic rings. The summed E-state index contributed by atoms with van der Waals surface area (Å²) in [5.41, 5.74) is 1.27. The van der Waals surface area contributed by atoms with Crippen molar-refractivity contribution in [2.45, 2.75) is 4.90 Å². The molecule has 0 saturated heterocycles. The first-order valence-electron chi connectivity index (χ1n) is 7.64. The maximum atomic E-state index is 12.6. The molecule has 0 radical (unpaired) electrons. The van der Waals surface area contributed by atoms with Crippen molar-refractivity contribution in [1.29, 1.82) is 0 Å². The molecule has 0 bridgehead atoms. The van der Waals surface area contributed by atoms with Gasteiger partial charge in [-0.15, -0.1) is 10.2 Å². The predicted molar refractivity (Wildman–Crippen MR) is 96.8 cm³/mol. The van der Waals surface area contributed by atoms with Gasteiger partial charge in [-0.2, -0.15) is 0 Å². The first kappa shape index (κ1) is 17.7. The van der Waals surface area contributed by atoms with Crippen molar-refractivity contribution in [3.8, 4) is 22.9 Å². The van der Waals surface area contributed by atoms with E-state index in [0.717, 1.165) is 5.56 Å². The van der Waals surface area contributed by atoms with E-state index in [0.29, 0.717) is 23.0 Å². The van der Waals surface area contributed by atoms with Crippen LogP contribution in [0.3, 0.4) is 0 Å². The van der Waals surface area contributed by atoms with Crippen molar-refractivity contribution >= 4 is 15.7 Å². The third kappa shape index (κ3) is 3.47. The topological polar surface area (TPSA) is 95.3 Å². The van der Waals surface area contributed by atoms with Gasteiger partial charge in [0.25, 0.3) is 10.0 Å². The average molecular weight is 374 g/mol. The molecule has 3 aromatic rings. The number of sulfonamides is 1. The number of rotatable bonds is 6. The zero-order valence-corrected chi connectivity index (χ0v) is 15.3. The van der Waals surface area contributed by atoms with Crippen LogP contribution in [-0.2, 0) is 17.1 Å². The van der Waals surface area contributed by atoms with Gasteiger partial charge >= 0.3 is 0 Å². The molecule has 1 N–H and O–H groups in total. The van der Waals surface area contributed by atoms with E-state index >= 15 is 0 Å². The molecule has 26 heavy (non-hydrogen) atoms. The number of benzene rings is 2. The van der Waals surface area contributed by atoms with Crippen LogP contribution in [0.1, 0.15) is 0 Å². The minimum absolute atomic E-state index is 0.0764. The Labute approximate surface area is 151 Å². The lowest BCUT2D eigenvalue weighted by atomic mass is 10.2. The summed E-state index contributed by atoms with van der Waals surface area (Å²) in [6, 6.07) is 11.3. The number of ether oxygens (including phenoxy) is 2. The Balaban J connectivity index is 1.85. The molecule has 2 aromatic carbocycles. The van der Waals surface area contributed by atoms with Crippen LogP contribution >= 0.6 is 0 Å². The van der Waals surface area contributed by atoms with Gasteiger partial charge in [0.05, 0.1) is 19.1 Å². The van der Waals surface area contributed by atoms with Gasteiger partial charge in [-0.25, -0.2) is 8.42 Å². The molecule has 9 heteroatoms. The smallest absolute Gasteiger partial charge is 0.262 e. The highest BCUT2D eigenvalue weighted by atomic mass is 32.2. The maximum Gasteiger partial charge on any atom is 0.262 e. The van der Waals surface area contributed by atoms with Crippen molar-refractivity contribution < 1.29 is 17.9 Å². The lowest BCUT2D eigenvalue weighted by molar-refractivity contribution is 0.354. The van der Waals surface area contributed by atoms with Gasteiger partial charge in [0.15, 0.2) is 17.3 Å². The molecule has 3 rings (SSSR count). The van der Waals surface area contributed by atoms with Crippen LogP contribution in [0, 0.1) is 0 Å². The van der Waals surface area contributed by atoms with Crippen LogP contribution in [0.15, 0.2) is 53.7 Å². The van der Waals surface area contributed by atoms with Gasteiger partial charge in [0, 0.05) is 24.4 Å². The van der Waals surface area contributed by atoms with Gasteiger partial charge in [0.1, 0.15) is 6.33 Å². The van der Waals surface area contributed by atoms with Crippen molar-refractivity contribution in [2.24, 2.45) is 7.05 Å². The van der Waals surface area contributed by atoms with Crippen molar-refractivity contribution in [3.05, 3.63) is 48.8 Å². The molecular formula is C17H18N4O4S. The van der Waals surface area contributed by atoms with Crippen molar-refractivity contribution in [3.63, 3.8) is 0 Å². The summed E-state index contributed by atoms with van der Waals surface area (Å²) in [5.74, 6) is 1.49. The molecule has 0 fully saturated rings. The Bertz CT molecular complexity index is 1010. The molecule has 0 saturated carbocycles. The monoisotopic (exact) mass is 374 g/mol. The maximum absolute atomic E-state index is 12.6. The molecule has 0 aliphatic heterocycles. The highest BCUT2D eigenvalue weighted by molar-refractivity contribution is 7.92. The summed E-state index contributed by atoms with van der Waals surface area (Å²) in [7, 11) is 1.01. The average Bonchev–Trinajstić information content (AvgIpc) is 3.07. The summed E-state index contributed by atoms with van der Waals surface area (Å²) in [4.78, 5) is 0.0764. The Morgan fingerprint density at radius 3 is 2.27 bits per heavy atom. The van der Waals surface area contributed by atoms with Gasteiger partial charge in [-0.05, 0) is 36.4 Å². The molecular weight excluding hydrogens is 356 g/mol. The molecule has 0 unspecified atom stereocenters. The van der Waals surface area contributed by atoms with E-state index in [2.05, 4.69) is 14.9 Å². The molecule has 1 aromatic heterocycles. The number of nitrogens with zero attached hydrogens (tertiary/aromatic N) is 3. The van der Waals surface area contributed by atoms with Gasteiger partial charge in [0.2, 0.25) is 0 Å². The van der Waals surface area contributed by atoms with Crippen LogP contribution in [0.25, 0.3) is 11.4 Å². The van der Waals surface area contributed by atoms with Gasteiger partial charge < -0.3 is 14.0 Å². The lowest BCUT2D eigenvalue weighted by Gasteiger charge is -2.12. The molecule has 0 amide bonds. The molecule has 0 atom stereocenters. The number of nitrogens with one attached hydrogen (secondary N) is 1. The fraction of sp³-hybridized carbons (Fsp3) is 0.176. The quantitative estimate of drug-likeness (QED) is 0.711. The zero-order chi connectivity index (χ0) is 18.7. The summed E-state index contributed by atoms with van der Waals surface area (Å²) in [6.07, 6.45) is 1.60. The predicted octanol–water partition coefficient (Wildman–Crippen LogP) is 2.30. The highest BCUT2D eigenvalue weighted by Crippen LogP contribution is 2.30. The largest absolute Gasteiger partial charge is 0.493 e. The normalized spacial score (nSPS) is 11.2. The minimum Gasteiger partial charge on any atom is -0.493 e. The highest BCUT2D eigenvalue weighted by Gasteiger charge is 2.17. The molecule has 136 valence electrons. The second-order valence-electron chi connectivity index (χ2n) is 5.47. The summed E-state index contributed by atoms with van der Waals surface area (Å²) in [5, 5.41) is 7.85. The minimum atomic E-state index is -3.76. The summed E-state index contributed by atoms with van der Waals surface area (Å²) < 4.78 is 39.8. The molecule has 1 heterocycles. The van der Waals surface area contributed by atoms with Crippen LogP contribution in [0.2, 0.25) is 0 Å². The Kier molecular flexibility index (Phi) is 4.81. The Hall–Kier alpha value is -3.07. The number of aryl methyl sites for hydroxylation is 1. The first-order chi connectivity index (χ1) is 12.4. The van der Waals surface area contributed by atoms with Crippen LogP contribution in [0.5, 0.6) is 11.5 Å². The lowest BCUT2D eigenvalue weighted by Crippen LogP contribution is -2.13. The standard InChI is InChI=1S/C17H18N4O4S/c1-21-11-18-19-17(21)12-4-6-13(7-5-12)20-26(22,23)14-8-9-15(24-2)16(10-14)25-3/h4-11,20H,1-3H3. The molecule has 8 nitrogen and oxygen atoms in total. The van der Waals surface area contributed by atoms with Gasteiger partial charge in [-0.3, -0.25) is 4.72 Å². The zero-order valence-electron chi connectivity index (χ0n) is 14.5. The fourth-order valence-corrected chi connectivity index (χ4v) is 3.50. The van der Waals surface area contributed by atoms with Gasteiger partial charge in [-0.1, -0.05) is 0 Å². The Morgan fingerprint density at radius 2 is 1.69 bits per heavy atom. The fourth-order valence-electron chi connectivity index (χ4n) is 2.43. The van der Waals surface area contributed by atoms with E-state index in [1.54, 1.807) is 41.2 Å². The van der Waals surface area contributed by atoms with E-state index in [1.807, 2.05) is 7.05 Å². The van der Waals surface area contributed by atoms with Crippen molar-refractivity contribution in [2.75, 3.05) is 18.9 Å². The SMILES string of the molecule is COc1ccc(S(=O)(=O)Nc2ccc(-c3nncn3C)cc2)cc1OC.